The summed E-state index contributed by atoms with van der Waals surface area (Å²) in [5.41, 5.74) is 0.361. The third-order valence-electron chi connectivity index (χ3n) is 3.28. The van der Waals surface area contributed by atoms with Crippen LogP contribution in [0.3, 0.4) is 0 Å². The maximum atomic E-state index is 5.47. The van der Waals surface area contributed by atoms with E-state index in [2.05, 4.69) is 27.0 Å². The van der Waals surface area contributed by atoms with Crippen molar-refractivity contribution in [2.45, 2.75) is 72.0 Å². The normalized spacial score (nSPS) is 21.9. The van der Waals surface area contributed by atoms with Crippen LogP contribution in [0.1, 0.15) is 65.7 Å². The number of rotatable bonds is 7. The lowest BCUT2D eigenvalue weighted by Crippen LogP contribution is -2.20. The fourth-order valence-corrected chi connectivity index (χ4v) is 2.00. The molecule has 0 aromatic carbocycles. The molecular weight excluding hydrogens is 212 g/mol. The van der Waals surface area contributed by atoms with Gasteiger partial charge in [0.05, 0.1) is 6.61 Å². The van der Waals surface area contributed by atoms with E-state index in [1.165, 1.54) is 25.7 Å². The summed E-state index contributed by atoms with van der Waals surface area (Å²) < 4.78 is 10.9. The monoisotopic (exact) mass is 239 g/mol. The van der Waals surface area contributed by atoms with Crippen molar-refractivity contribution in [1.82, 2.24) is 0 Å². The molecule has 0 N–H and O–H groups in total. The molecule has 1 heterocycles. The van der Waals surface area contributed by atoms with Crippen LogP contribution >= 0.6 is 0 Å². The Morgan fingerprint density at radius 1 is 1.41 bits per heavy atom. The standard InChI is InChI=1S/C15H27O2/c1-4-5-10-15(2,3)11-8-13-17-14-9-6-7-12-16-14/h8,14H,4-7,9-12H2,1-3H3. The Hall–Kier alpha value is -0.500. The van der Waals surface area contributed by atoms with Crippen molar-refractivity contribution in [2.24, 2.45) is 5.41 Å². The van der Waals surface area contributed by atoms with E-state index < -0.39 is 0 Å². The summed E-state index contributed by atoms with van der Waals surface area (Å²) in [5.74, 6) is 0. The lowest BCUT2D eigenvalue weighted by atomic mass is 9.84. The van der Waals surface area contributed by atoms with Gasteiger partial charge in [-0.1, -0.05) is 33.6 Å². The second-order valence-electron chi connectivity index (χ2n) is 5.71. The van der Waals surface area contributed by atoms with E-state index in [1.54, 1.807) is 0 Å². The molecule has 2 heteroatoms. The Bertz CT molecular complexity index is 215. The highest BCUT2D eigenvalue weighted by Gasteiger charge is 2.16. The van der Waals surface area contributed by atoms with Crippen LogP contribution in [-0.4, -0.2) is 12.9 Å². The third-order valence-corrected chi connectivity index (χ3v) is 3.28. The van der Waals surface area contributed by atoms with Crippen LogP contribution in [0.15, 0.2) is 6.08 Å². The largest absolute Gasteiger partial charge is 0.461 e. The number of hydrogen-bond acceptors (Lipinski definition) is 2. The molecule has 1 aliphatic rings. The van der Waals surface area contributed by atoms with Crippen LogP contribution in [0.4, 0.5) is 0 Å². The average molecular weight is 239 g/mol. The highest BCUT2D eigenvalue weighted by Crippen LogP contribution is 2.27. The van der Waals surface area contributed by atoms with Gasteiger partial charge in [0.15, 0.2) is 12.6 Å². The number of unbranched alkanes of at least 4 members (excludes halogenated alkanes) is 1. The molecule has 1 saturated heterocycles. The summed E-state index contributed by atoms with van der Waals surface area (Å²) in [6.45, 7) is 7.67. The van der Waals surface area contributed by atoms with Gasteiger partial charge in [-0.3, -0.25) is 0 Å². The van der Waals surface area contributed by atoms with Crippen LogP contribution in [0.5, 0.6) is 0 Å². The van der Waals surface area contributed by atoms with Crippen LogP contribution in [0.25, 0.3) is 0 Å². The van der Waals surface area contributed by atoms with Crippen molar-refractivity contribution < 1.29 is 9.47 Å². The molecule has 0 aliphatic carbocycles. The third kappa shape index (κ3) is 6.72. The van der Waals surface area contributed by atoms with Gasteiger partial charge in [0, 0.05) is 6.42 Å². The minimum atomic E-state index is -0.0567. The predicted molar refractivity (Wildman–Crippen MR) is 70.4 cm³/mol. The van der Waals surface area contributed by atoms with Gasteiger partial charge in [-0.15, -0.1) is 0 Å². The molecule has 17 heavy (non-hydrogen) atoms. The number of ether oxygens (including phenoxy) is 2. The van der Waals surface area contributed by atoms with E-state index in [0.29, 0.717) is 5.41 Å². The second-order valence-corrected chi connectivity index (χ2v) is 5.71. The molecular formula is C15H27O2. The van der Waals surface area contributed by atoms with Crippen molar-refractivity contribution >= 4 is 0 Å². The summed E-state index contributed by atoms with van der Waals surface area (Å²) in [5, 5.41) is 0. The Morgan fingerprint density at radius 3 is 2.88 bits per heavy atom. The van der Waals surface area contributed by atoms with Crippen molar-refractivity contribution in [3.8, 4) is 0 Å². The highest BCUT2D eigenvalue weighted by molar-refractivity contribution is 4.80. The van der Waals surface area contributed by atoms with E-state index in [4.69, 9.17) is 9.47 Å². The molecule has 0 amide bonds. The molecule has 1 aliphatic heterocycles. The van der Waals surface area contributed by atoms with Gasteiger partial charge < -0.3 is 9.47 Å². The zero-order valence-electron chi connectivity index (χ0n) is 11.6. The fourth-order valence-electron chi connectivity index (χ4n) is 2.00. The van der Waals surface area contributed by atoms with E-state index in [9.17, 15) is 0 Å². The Balaban J connectivity index is 2.15. The topological polar surface area (TPSA) is 18.5 Å². The maximum absolute atomic E-state index is 5.47. The van der Waals surface area contributed by atoms with Crippen LogP contribution in [0, 0.1) is 11.7 Å². The number of allylic oxidation sites excluding steroid dienone is 1. The minimum absolute atomic E-state index is 0.0567. The van der Waals surface area contributed by atoms with Gasteiger partial charge in [-0.2, -0.15) is 0 Å². The molecule has 99 valence electrons. The van der Waals surface area contributed by atoms with Crippen LogP contribution in [-0.2, 0) is 9.47 Å². The van der Waals surface area contributed by atoms with E-state index >= 15 is 0 Å². The smallest absolute Gasteiger partial charge is 0.200 e. The minimum Gasteiger partial charge on any atom is -0.461 e. The summed E-state index contributed by atoms with van der Waals surface area (Å²) in [4.78, 5) is 0. The van der Waals surface area contributed by atoms with E-state index in [1.807, 2.05) is 6.08 Å². The van der Waals surface area contributed by atoms with Crippen molar-refractivity contribution in [3.05, 3.63) is 12.3 Å². The van der Waals surface area contributed by atoms with Crippen LogP contribution in [0.2, 0.25) is 0 Å². The van der Waals surface area contributed by atoms with Gasteiger partial charge in [-0.25, -0.2) is 0 Å². The first-order valence-corrected chi connectivity index (χ1v) is 6.98. The molecule has 0 bridgehead atoms. The van der Waals surface area contributed by atoms with E-state index in [-0.39, 0.29) is 6.29 Å². The predicted octanol–water partition coefficient (Wildman–Crippen LogP) is 4.45. The van der Waals surface area contributed by atoms with Crippen molar-refractivity contribution in [2.75, 3.05) is 6.61 Å². The summed E-state index contributed by atoms with van der Waals surface area (Å²) in [6.07, 6.45) is 13.1. The molecule has 0 spiro atoms. The molecule has 0 aromatic heterocycles. The summed E-state index contributed by atoms with van der Waals surface area (Å²) in [7, 11) is 0. The Kier molecular flexibility index (Phi) is 6.64. The zero-order chi connectivity index (χ0) is 12.6. The molecule has 1 atom stereocenters. The lowest BCUT2D eigenvalue weighted by molar-refractivity contribution is -0.135. The molecule has 1 radical (unpaired) electrons. The first-order valence-electron chi connectivity index (χ1n) is 6.98. The van der Waals surface area contributed by atoms with E-state index in [0.717, 1.165) is 25.9 Å². The Labute approximate surface area is 106 Å². The Morgan fingerprint density at radius 2 is 2.24 bits per heavy atom. The van der Waals surface area contributed by atoms with Gasteiger partial charge >= 0.3 is 0 Å². The molecule has 1 rings (SSSR count). The summed E-state index contributed by atoms with van der Waals surface area (Å²) >= 11 is 0. The average Bonchev–Trinajstić information content (AvgIpc) is 2.34. The molecule has 1 unspecified atom stereocenters. The fraction of sp³-hybridized carbons (Fsp3) is 0.867. The maximum Gasteiger partial charge on any atom is 0.200 e. The van der Waals surface area contributed by atoms with Gasteiger partial charge in [-0.05, 0) is 37.2 Å². The molecule has 1 fully saturated rings. The highest BCUT2D eigenvalue weighted by atomic mass is 16.7. The van der Waals surface area contributed by atoms with Gasteiger partial charge in [0.1, 0.15) is 0 Å². The van der Waals surface area contributed by atoms with Gasteiger partial charge in [0.25, 0.3) is 0 Å². The molecule has 0 saturated carbocycles. The second kappa shape index (κ2) is 7.75. The number of hydrogen-bond donors (Lipinski definition) is 0. The lowest BCUT2D eigenvalue weighted by Gasteiger charge is -2.23. The quantitative estimate of drug-likeness (QED) is 0.611. The SMILES string of the molecule is CCCCC(C)(C)C/C=[C]/OC1CCCCO1. The summed E-state index contributed by atoms with van der Waals surface area (Å²) in [6, 6.07) is 0. The zero-order valence-corrected chi connectivity index (χ0v) is 11.6. The molecule has 0 aromatic rings. The van der Waals surface area contributed by atoms with Gasteiger partial charge in [0.2, 0.25) is 0 Å². The molecule has 2 nitrogen and oxygen atoms in total. The first kappa shape index (κ1) is 14.6. The first-order chi connectivity index (χ1) is 8.14. The van der Waals surface area contributed by atoms with Crippen LogP contribution < -0.4 is 0 Å². The van der Waals surface area contributed by atoms with Crippen molar-refractivity contribution in [1.29, 1.82) is 0 Å². The van der Waals surface area contributed by atoms with Crippen molar-refractivity contribution in [3.63, 3.8) is 0 Å².